The van der Waals surface area contributed by atoms with Crippen LogP contribution in [0.3, 0.4) is 0 Å². The molecule has 1 aromatic carbocycles. The normalized spacial score (nSPS) is 17.3. The van der Waals surface area contributed by atoms with Gasteiger partial charge in [0.1, 0.15) is 5.15 Å². The van der Waals surface area contributed by atoms with Crippen LogP contribution in [0.25, 0.3) is 10.8 Å². The molecule has 4 nitrogen and oxygen atoms in total. The fraction of sp³-hybridized carbons (Fsp3) is 0.444. The second-order valence-corrected chi connectivity index (χ2v) is 6.59. The number of aromatic nitrogens is 1. The highest BCUT2D eigenvalue weighted by molar-refractivity contribution is 6.34. The van der Waals surface area contributed by atoms with E-state index in [1.54, 1.807) is 6.20 Å². The number of amides is 1. The molecule has 1 saturated heterocycles. The fourth-order valence-corrected chi connectivity index (χ4v) is 3.56. The van der Waals surface area contributed by atoms with Crippen molar-refractivity contribution in [1.82, 2.24) is 9.88 Å². The number of pyridine rings is 1. The number of rotatable bonds is 5. The lowest BCUT2D eigenvalue weighted by Crippen LogP contribution is -2.33. The van der Waals surface area contributed by atoms with Crippen LogP contribution < -0.4 is 5.73 Å². The van der Waals surface area contributed by atoms with Gasteiger partial charge in [-0.1, -0.05) is 30.2 Å². The Labute approximate surface area is 141 Å². The number of primary amides is 1. The molecule has 0 spiro atoms. The van der Waals surface area contributed by atoms with Crippen molar-refractivity contribution in [2.45, 2.75) is 31.6 Å². The summed E-state index contributed by atoms with van der Waals surface area (Å²) in [6, 6.07) is 7.83. The largest absolute Gasteiger partial charge is 0.369 e. The Bertz CT molecular complexity index is 698. The number of halogens is 1. The zero-order chi connectivity index (χ0) is 16.2. The maximum absolute atomic E-state index is 11.9. The van der Waals surface area contributed by atoms with E-state index < -0.39 is 0 Å². The van der Waals surface area contributed by atoms with E-state index in [0.717, 1.165) is 42.4 Å². The first-order chi connectivity index (χ1) is 11.1. The Hall–Kier alpha value is -1.65. The van der Waals surface area contributed by atoms with Crippen LogP contribution in [0.2, 0.25) is 5.15 Å². The Balaban J connectivity index is 1.80. The first-order valence-corrected chi connectivity index (χ1v) is 8.59. The molecule has 2 aromatic rings. The number of carbonyl (C=O) groups is 1. The van der Waals surface area contributed by atoms with E-state index in [1.165, 1.54) is 19.3 Å². The van der Waals surface area contributed by atoms with Crippen molar-refractivity contribution in [1.29, 1.82) is 0 Å². The van der Waals surface area contributed by atoms with Crippen LogP contribution in [0.1, 0.15) is 37.2 Å². The van der Waals surface area contributed by atoms with Gasteiger partial charge in [0.2, 0.25) is 5.91 Å². The monoisotopic (exact) mass is 331 g/mol. The van der Waals surface area contributed by atoms with E-state index in [2.05, 4.69) is 9.88 Å². The molecule has 1 unspecified atom stereocenters. The number of nitrogens with two attached hydrogens (primary N) is 1. The maximum atomic E-state index is 11.9. The molecule has 1 amide bonds. The lowest BCUT2D eigenvalue weighted by Gasteiger charge is -2.27. The average Bonchev–Trinajstić information content (AvgIpc) is 2.56. The van der Waals surface area contributed by atoms with Crippen LogP contribution in [-0.2, 0) is 4.79 Å². The minimum Gasteiger partial charge on any atom is -0.369 e. The Morgan fingerprint density at radius 1 is 1.26 bits per heavy atom. The molecule has 23 heavy (non-hydrogen) atoms. The van der Waals surface area contributed by atoms with E-state index in [-0.39, 0.29) is 11.8 Å². The van der Waals surface area contributed by atoms with E-state index >= 15 is 0 Å². The Kier molecular flexibility index (Phi) is 5.13. The molecule has 5 heteroatoms. The quantitative estimate of drug-likeness (QED) is 0.855. The van der Waals surface area contributed by atoms with Gasteiger partial charge >= 0.3 is 0 Å². The molecule has 0 saturated carbocycles. The fourth-order valence-electron chi connectivity index (χ4n) is 3.34. The van der Waals surface area contributed by atoms with Gasteiger partial charge in [0, 0.05) is 11.6 Å². The minimum atomic E-state index is -0.280. The highest BCUT2D eigenvalue weighted by atomic mass is 35.5. The first-order valence-electron chi connectivity index (χ1n) is 8.21. The number of fused-ring (bicyclic) bond motifs is 1. The van der Waals surface area contributed by atoms with Crippen molar-refractivity contribution >= 4 is 28.3 Å². The van der Waals surface area contributed by atoms with Crippen LogP contribution in [0.4, 0.5) is 0 Å². The molecule has 2 heterocycles. The van der Waals surface area contributed by atoms with Gasteiger partial charge < -0.3 is 10.6 Å². The van der Waals surface area contributed by atoms with Gasteiger partial charge in [-0.3, -0.25) is 4.79 Å². The SMILES string of the molecule is NC(=O)C(CCN1CCCCC1)c1ccc2ccnc(Cl)c2c1. The lowest BCUT2D eigenvalue weighted by molar-refractivity contribution is -0.119. The van der Waals surface area contributed by atoms with E-state index in [1.807, 2.05) is 24.3 Å². The highest BCUT2D eigenvalue weighted by Gasteiger charge is 2.20. The van der Waals surface area contributed by atoms with Gasteiger partial charge in [-0.05, 0) is 62.0 Å². The number of piperidine rings is 1. The van der Waals surface area contributed by atoms with Crippen molar-refractivity contribution in [3.63, 3.8) is 0 Å². The summed E-state index contributed by atoms with van der Waals surface area (Å²) in [4.78, 5) is 18.5. The van der Waals surface area contributed by atoms with Crippen LogP contribution in [0, 0.1) is 0 Å². The summed E-state index contributed by atoms with van der Waals surface area (Å²) in [5.41, 5.74) is 6.59. The van der Waals surface area contributed by atoms with Crippen LogP contribution >= 0.6 is 11.6 Å². The van der Waals surface area contributed by atoms with Gasteiger partial charge in [0.15, 0.2) is 0 Å². The lowest BCUT2D eigenvalue weighted by atomic mass is 9.93. The van der Waals surface area contributed by atoms with E-state index in [9.17, 15) is 4.79 Å². The van der Waals surface area contributed by atoms with Gasteiger partial charge in [-0.25, -0.2) is 4.98 Å². The summed E-state index contributed by atoms with van der Waals surface area (Å²) in [6.07, 6.45) is 6.24. The van der Waals surface area contributed by atoms with Crippen molar-refractivity contribution in [2.75, 3.05) is 19.6 Å². The smallest absolute Gasteiger partial charge is 0.225 e. The van der Waals surface area contributed by atoms with Crippen molar-refractivity contribution in [2.24, 2.45) is 5.73 Å². The molecule has 1 atom stereocenters. The van der Waals surface area contributed by atoms with Gasteiger partial charge in [-0.2, -0.15) is 0 Å². The van der Waals surface area contributed by atoms with Crippen LogP contribution in [0.15, 0.2) is 30.5 Å². The number of hydrogen-bond acceptors (Lipinski definition) is 3. The molecule has 122 valence electrons. The molecule has 1 aliphatic heterocycles. The number of carbonyl (C=O) groups excluding carboxylic acids is 1. The minimum absolute atomic E-state index is 0.277. The van der Waals surface area contributed by atoms with Gasteiger partial charge in [0.05, 0.1) is 5.92 Å². The highest BCUT2D eigenvalue weighted by Crippen LogP contribution is 2.28. The summed E-state index contributed by atoms with van der Waals surface area (Å²) >= 11 is 6.18. The summed E-state index contributed by atoms with van der Waals surface area (Å²) in [6.45, 7) is 3.16. The molecule has 1 aromatic heterocycles. The summed E-state index contributed by atoms with van der Waals surface area (Å²) in [7, 11) is 0. The second-order valence-electron chi connectivity index (χ2n) is 6.23. The molecular weight excluding hydrogens is 310 g/mol. The number of likely N-dealkylation sites (tertiary alicyclic amines) is 1. The van der Waals surface area contributed by atoms with Crippen LogP contribution in [0.5, 0.6) is 0 Å². The summed E-state index contributed by atoms with van der Waals surface area (Å²) in [5.74, 6) is -0.557. The van der Waals surface area contributed by atoms with Crippen molar-refractivity contribution < 1.29 is 4.79 Å². The predicted molar refractivity (Wildman–Crippen MR) is 93.6 cm³/mol. The molecule has 1 aliphatic rings. The molecule has 0 aliphatic carbocycles. The third-order valence-electron chi connectivity index (χ3n) is 4.67. The molecule has 3 rings (SSSR count). The van der Waals surface area contributed by atoms with Crippen molar-refractivity contribution in [3.8, 4) is 0 Å². The molecule has 2 N–H and O–H groups in total. The van der Waals surface area contributed by atoms with Crippen LogP contribution in [-0.4, -0.2) is 35.4 Å². The van der Waals surface area contributed by atoms with E-state index in [0.29, 0.717) is 5.15 Å². The first kappa shape index (κ1) is 16.2. The topological polar surface area (TPSA) is 59.2 Å². The number of hydrogen-bond donors (Lipinski definition) is 1. The third-order valence-corrected chi connectivity index (χ3v) is 4.97. The zero-order valence-electron chi connectivity index (χ0n) is 13.2. The standard InChI is InChI=1S/C18H22ClN3O/c19-17-16-12-14(5-4-13(16)6-8-21-17)15(18(20)23)7-11-22-9-2-1-3-10-22/h4-6,8,12,15H,1-3,7,9-11H2,(H2,20,23). The number of nitrogens with zero attached hydrogens (tertiary/aromatic N) is 2. The third kappa shape index (κ3) is 3.82. The number of benzene rings is 1. The second kappa shape index (κ2) is 7.28. The molecular formula is C18H22ClN3O. The average molecular weight is 332 g/mol. The van der Waals surface area contributed by atoms with Crippen molar-refractivity contribution in [3.05, 3.63) is 41.2 Å². The molecule has 0 bridgehead atoms. The summed E-state index contributed by atoms with van der Waals surface area (Å²) < 4.78 is 0. The van der Waals surface area contributed by atoms with Gasteiger partial charge in [-0.15, -0.1) is 0 Å². The zero-order valence-corrected chi connectivity index (χ0v) is 13.9. The maximum Gasteiger partial charge on any atom is 0.225 e. The molecule has 1 fully saturated rings. The molecule has 0 radical (unpaired) electrons. The summed E-state index contributed by atoms with van der Waals surface area (Å²) in [5, 5.41) is 2.35. The Morgan fingerprint density at radius 3 is 2.78 bits per heavy atom. The predicted octanol–water partition coefficient (Wildman–Crippen LogP) is 3.33. The van der Waals surface area contributed by atoms with Gasteiger partial charge in [0.25, 0.3) is 0 Å². The Morgan fingerprint density at radius 2 is 2.04 bits per heavy atom. The van der Waals surface area contributed by atoms with E-state index in [4.69, 9.17) is 17.3 Å².